The Balaban J connectivity index is 2.15. The Labute approximate surface area is 75.8 Å². The summed E-state index contributed by atoms with van der Waals surface area (Å²) < 4.78 is 11.7. The minimum atomic E-state index is -0.246. The van der Waals surface area contributed by atoms with Crippen molar-refractivity contribution in [3.8, 4) is 0 Å². The van der Waals surface area contributed by atoms with Crippen LogP contribution in [0.25, 0.3) is 0 Å². The third-order valence-electron chi connectivity index (χ3n) is 1.43. The van der Waals surface area contributed by atoms with E-state index in [-0.39, 0.29) is 6.67 Å². The summed E-state index contributed by atoms with van der Waals surface area (Å²) in [6.45, 7) is 3.22. The van der Waals surface area contributed by atoms with Gasteiger partial charge in [-0.2, -0.15) is 0 Å². The van der Waals surface area contributed by atoms with Crippen molar-refractivity contribution < 1.29 is 4.39 Å². The Bertz CT molecular complexity index is 225. The zero-order valence-electron chi connectivity index (χ0n) is 7.14. The third-order valence-corrected chi connectivity index (χ3v) is 2.40. The lowest BCUT2D eigenvalue weighted by atomic mass is 10.4. The molecule has 0 unspecified atom stereocenters. The van der Waals surface area contributed by atoms with Crippen molar-refractivity contribution in [2.24, 2.45) is 0 Å². The van der Waals surface area contributed by atoms with E-state index in [4.69, 9.17) is 0 Å². The van der Waals surface area contributed by atoms with Gasteiger partial charge in [-0.05, 0) is 19.9 Å². The molecule has 1 N–H and O–H groups in total. The molecule has 0 spiro atoms. The lowest BCUT2D eigenvalue weighted by Crippen LogP contribution is -2.14. The SMILES string of the molecule is Cc1csc(CNCCCF)n1. The van der Waals surface area contributed by atoms with E-state index in [1.54, 1.807) is 11.3 Å². The van der Waals surface area contributed by atoms with Gasteiger partial charge in [0.2, 0.25) is 0 Å². The molecule has 4 heteroatoms. The molecule has 1 heterocycles. The van der Waals surface area contributed by atoms with Crippen molar-refractivity contribution in [1.82, 2.24) is 10.3 Å². The number of aromatic nitrogens is 1. The first-order valence-electron chi connectivity index (χ1n) is 4.00. The topological polar surface area (TPSA) is 24.9 Å². The van der Waals surface area contributed by atoms with E-state index in [1.165, 1.54) is 0 Å². The first-order chi connectivity index (χ1) is 5.83. The normalized spacial score (nSPS) is 10.5. The molecular weight excluding hydrogens is 175 g/mol. The number of hydrogen-bond acceptors (Lipinski definition) is 3. The smallest absolute Gasteiger partial charge is 0.107 e. The third kappa shape index (κ3) is 3.28. The van der Waals surface area contributed by atoms with Crippen LogP contribution in [-0.4, -0.2) is 18.2 Å². The minimum absolute atomic E-state index is 0.246. The van der Waals surface area contributed by atoms with Crippen molar-refractivity contribution in [1.29, 1.82) is 0 Å². The second-order valence-electron chi connectivity index (χ2n) is 2.60. The lowest BCUT2D eigenvalue weighted by Gasteiger charge is -1.98. The maximum atomic E-state index is 11.7. The summed E-state index contributed by atoms with van der Waals surface area (Å²) in [5.41, 5.74) is 1.06. The van der Waals surface area contributed by atoms with Gasteiger partial charge in [-0.25, -0.2) is 4.98 Å². The number of rotatable bonds is 5. The van der Waals surface area contributed by atoms with E-state index < -0.39 is 0 Å². The van der Waals surface area contributed by atoms with E-state index in [9.17, 15) is 4.39 Å². The number of thiazole rings is 1. The molecule has 0 saturated carbocycles. The van der Waals surface area contributed by atoms with Crippen LogP contribution < -0.4 is 5.32 Å². The highest BCUT2D eigenvalue weighted by molar-refractivity contribution is 7.09. The Kier molecular flexibility index (Phi) is 4.18. The molecule has 68 valence electrons. The zero-order chi connectivity index (χ0) is 8.81. The largest absolute Gasteiger partial charge is 0.310 e. The van der Waals surface area contributed by atoms with E-state index in [0.717, 1.165) is 23.8 Å². The van der Waals surface area contributed by atoms with Crippen LogP contribution in [0.5, 0.6) is 0 Å². The van der Waals surface area contributed by atoms with Crippen molar-refractivity contribution in [2.75, 3.05) is 13.2 Å². The van der Waals surface area contributed by atoms with Gasteiger partial charge in [0.15, 0.2) is 0 Å². The molecular formula is C8H13FN2S. The summed E-state index contributed by atoms with van der Waals surface area (Å²) in [4.78, 5) is 4.27. The molecule has 1 aromatic rings. The van der Waals surface area contributed by atoms with Crippen LogP contribution >= 0.6 is 11.3 Å². The second kappa shape index (κ2) is 5.22. The number of nitrogens with one attached hydrogen (secondary N) is 1. The fourth-order valence-corrected chi connectivity index (χ4v) is 1.61. The Morgan fingerprint density at radius 3 is 3.08 bits per heavy atom. The lowest BCUT2D eigenvalue weighted by molar-refractivity contribution is 0.459. The van der Waals surface area contributed by atoms with Crippen LogP contribution in [0, 0.1) is 6.92 Å². The molecule has 0 atom stereocenters. The van der Waals surface area contributed by atoms with E-state index >= 15 is 0 Å². The number of hydrogen-bond donors (Lipinski definition) is 1. The summed E-state index contributed by atoms with van der Waals surface area (Å²) in [5.74, 6) is 0. The van der Waals surface area contributed by atoms with Crippen molar-refractivity contribution in [3.63, 3.8) is 0 Å². The van der Waals surface area contributed by atoms with Gasteiger partial charge in [0.05, 0.1) is 6.67 Å². The summed E-state index contributed by atoms with van der Waals surface area (Å²) in [6.07, 6.45) is 0.588. The highest BCUT2D eigenvalue weighted by Crippen LogP contribution is 2.07. The molecule has 0 aliphatic carbocycles. The van der Waals surface area contributed by atoms with Crippen LogP contribution in [0.2, 0.25) is 0 Å². The van der Waals surface area contributed by atoms with Crippen LogP contribution in [0.15, 0.2) is 5.38 Å². The van der Waals surface area contributed by atoms with Crippen LogP contribution in [-0.2, 0) is 6.54 Å². The molecule has 0 amide bonds. The van der Waals surface area contributed by atoms with Gasteiger partial charge >= 0.3 is 0 Å². The van der Waals surface area contributed by atoms with Gasteiger partial charge in [-0.1, -0.05) is 0 Å². The van der Waals surface area contributed by atoms with E-state index in [2.05, 4.69) is 10.3 Å². The Morgan fingerprint density at radius 2 is 2.50 bits per heavy atom. The van der Waals surface area contributed by atoms with E-state index in [1.807, 2.05) is 12.3 Å². The molecule has 1 rings (SSSR count). The summed E-state index contributed by atoms with van der Waals surface area (Å²) in [7, 11) is 0. The summed E-state index contributed by atoms with van der Waals surface area (Å²) >= 11 is 1.64. The predicted octanol–water partition coefficient (Wildman–Crippen LogP) is 1.90. The van der Waals surface area contributed by atoms with Crippen molar-refractivity contribution in [2.45, 2.75) is 19.9 Å². The van der Waals surface area contributed by atoms with Gasteiger partial charge in [-0.3, -0.25) is 4.39 Å². The molecule has 0 bridgehead atoms. The highest BCUT2D eigenvalue weighted by Gasteiger charge is 1.96. The molecule has 0 saturated heterocycles. The van der Waals surface area contributed by atoms with Crippen LogP contribution in [0.1, 0.15) is 17.1 Å². The average molecular weight is 188 g/mol. The molecule has 12 heavy (non-hydrogen) atoms. The number of halogens is 1. The van der Waals surface area contributed by atoms with Crippen molar-refractivity contribution >= 4 is 11.3 Å². The van der Waals surface area contributed by atoms with Gasteiger partial charge < -0.3 is 5.32 Å². The molecule has 0 aliphatic rings. The fourth-order valence-electron chi connectivity index (χ4n) is 0.871. The molecule has 2 nitrogen and oxygen atoms in total. The van der Waals surface area contributed by atoms with E-state index in [0.29, 0.717) is 6.42 Å². The van der Waals surface area contributed by atoms with Crippen LogP contribution in [0.3, 0.4) is 0 Å². The molecule has 1 aromatic heterocycles. The van der Waals surface area contributed by atoms with Crippen LogP contribution in [0.4, 0.5) is 4.39 Å². The monoisotopic (exact) mass is 188 g/mol. The van der Waals surface area contributed by atoms with Gasteiger partial charge in [0.1, 0.15) is 5.01 Å². The minimum Gasteiger partial charge on any atom is -0.310 e. The standard InChI is InChI=1S/C8H13FN2S/c1-7-6-12-8(11-7)5-10-4-2-3-9/h6,10H,2-5H2,1H3. The number of nitrogens with zero attached hydrogens (tertiary/aromatic N) is 1. The number of aryl methyl sites for hydroxylation is 1. The predicted molar refractivity (Wildman–Crippen MR) is 49.1 cm³/mol. The molecule has 0 aromatic carbocycles. The zero-order valence-corrected chi connectivity index (χ0v) is 7.96. The Hall–Kier alpha value is -0.480. The summed E-state index contributed by atoms with van der Waals surface area (Å²) in [5, 5.41) is 6.22. The summed E-state index contributed by atoms with van der Waals surface area (Å²) in [6, 6.07) is 0. The molecule has 0 radical (unpaired) electrons. The molecule has 0 aliphatic heterocycles. The highest BCUT2D eigenvalue weighted by atomic mass is 32.1. The van der Waals surface area contributed by atoms with Crippen molar-refractivity contribution in [3.05, 3.63) is 16.1 Å². The van der Waals surface area contributed by atoms with Gasteiger partial charge in [0, 0.05) is 17.6 Å². The quantitative estimate of drug-likeness (QED) is 0.714. The first kappa shape index (κ1) is 9.61. The first-order valence-corrected chi connectivity index (χ1v) is 4.88. The number of alkyl halides is 1. The maximum absolute atomic E-state index is 11.7. The van der Waals surface area contributed by atoms with Gasteiger partial charge in [0.25, 0.3) is 0 Å². The fraction of sp³-hybridized carbons (Fsp3) is 0.625. The average Bonchev–Trinajstić information content (AvgIpc) is 2.45. The van der Waals surface area contributed by atoms with Gasteiger partial charge in [-0.15, -0.1) is 11.3 Å². The Morgan fingerprint density at radius 1 is 1.67 bits per heavy atom. The second-order valence-corrected chi connectivity index (χ2v) is 3.54. The molecule has 0 fully saturated rings. The maximum Gasteiger partial charge on any atom is 0.107 e.